The number of nitrogens with zero attached hydrogens (tertiary/aromatic N) is 3. The van der Waals surface area contributed by atoms with Crippen LogP contribution in [0.2, 0.25) is 0 Å². The van der Waals surface area contributed by atoms with E-state index in [0.717, 1.165) is 34.9 Å². The highest BCUT2D eigenvalue weighted by molar-refractivity contribution is 7.15. The van der Waals surface area contributed by atoms with Crippen LogP contribution < -0.4 is 5.32 Å². The molecule has 5 heteroatoms. The zero-order valence-corrected chi connectivity index (χ0v) is 12.6. The Morgan fingerprint density at radius 3 is 2.71 bits per heavy atom. The molecule has 106 valence electrons. The van der Waals surface area contributed by atoms with Crippen molar-refractivity contribution in [2.24, 2.45) is 0 Å². The Morgan fingerprint density at radius 1 is 1.14 bits per heavy atom. The lowest BCUT2D eigenvalue weighted by Gasteiger charge is -2.01. The van der Waals surface area contributed by atoms with Crippen molar-refractivity contribution in [3.63, 3.8) is 0 Å². The van der Waals surface area contributed by atoms with Crippen LogP contribution in [0.1, 0.15) is 4.88 Å². The van der Waals surface area contributed by atoms with Gasteiger partial charge in [0.15, 0.2) is 0 Å². The third-order valence-electron chi connectivity index (χ3n) is 3.15. The predicted octanol–water partition coefficient (Wildman–Crippen LogP) is 3.03. The lowest BCUT2D eigenvalue weighted by molar-refractivity contribution is 0.799. The van der Waals surface area contributed by atoms with E-state index in [2.05, 4.69) is 27.4 Å². The number of nitrogens with one attached hydrogen (secondary N) is 1. The second-order valence-electron chi connectivity index (χ2n) is 4.60. The maximum Gasteiger partial charge on any atom is 0.142 e. The molecule has 3 rings (SSSR count). The summed E-state index contributed by atoms with van der Waals surface area (Å²) in [5.41, 5.74) is 3.09. The largest absolute Gasteiger partial charge is 0.319 e. The summed E-state index contributed by atoms with van der Waals surface area (Å²) in [5, 5.41) is 4.14. The minimum absolute atomic E-state index is 0.878. The van der Waals surface area contributed by atoms with Gasteiger partial charge in [-0.2, -0.15) is 0 Å². The number of hydrogen-bond acceptors (Lipinski definition) is 5. The summed E-state index contributed by atoms with van der Waals surface area (Å²) in [5.74, 6) is 0. The van der Waals surface area contributed by atoms with E-state index < -0.39 is 0 Å². The zero-order valence-electron chi connectivity index (χ0n) is 11.8. The molecule has 0 aliphatic carbocycles. The van der Waals surface area contributed by atoms with Gasteiger partial charge in [0, 0.05) is 16.6 Å². The Bertz CT molecular complexity index is 695. The topological polar surface area (TPSA) is 50.7 Å². The first-order valence-corrected chi connectivity index (χ1v) is 7.66. The van der Waals surface area contributed by atoms with Crippen LogP contribution in [0.15, 0.2) is 48.9 Å². The fraction of sp³-hybridized carbons (Fsp3) is 0.188. The average Bonchev–Trinajstić information content (AvgIpc) is 2.99. The van der Waals surface area contributed by atoms with Crippen molar-refractivity contribution in [3.8, 4) is 22.0 Å². The van der Waals surface area contributed by atoms with Crippen LogP contribution in [0.3, 0.4) is 0 Å². The number of aromatic nitrogens is 3. The molecule has 2 heterocycles. The molecule has 0 spiro atoms. The Kier molecular flexibility index (Phi) is 4.33. The molecular formula is C16H16N4S. The second kappa shape index (κ2) is 6.56. The van der Waals surface area contributed by atoms with E-state index in [1.165, 1.54) is 4.88 Å². The third kappa shape index (κ3) is 3.15. The molecule has 0 radical (unpaired) electrons. The van der Waals surface area contributed by atoms with E-state index in [1.54, 1.807) is 23.9 Å². The van der Waals surface area contributed by atoms with E-state index in [-0.39, 0.29) is 0 Å². The molecule has 0 bridgehead atoms. The van der Waals surface area contributed by atoms with Gasteiger partial charge in [-0.25, -0.2) is 15.0 Å². The van der Waals surface area contributed by atoms with Gasteiger partial charge in [0.05, 0.1) is 5.69 Å². The number of rotatable bonds is 5. The minimum atomic E-state index is 0.878. The van der Waals surface area contributed by atoms with Crippen molar-refractivity contribution in [2.75, 3.05) is 13.6 Å². The molecule has 21 heavy (non-hydrogen) atoms. The smallest absolute Gasteiger partial charge is 0.142 e. The van der Waals surface area contributed by atoms with Crippen LogP contribution >= 0.6 is 11.3 Å². The Morgan fingerprint density at radius 2 is 2.00 bits per heavy atom. The number of thiazole rings is 1. The average molecular weight is 296 g/mol. The molecule has 0 amide bonds. The number of likely N-dealkylation sites (N-methyl/N-ethyl adjacent to an activating group) is 1. The number of hydrogen-bond donors (Lipinski definition) is 1. The van der Waals surface area contributed by atoms with Gasteiger partial charge < -0.3 is 5.32 Å². The lowest BCUT2D eigenvalue weighted by atomic mass is 10.1. The molecule has 0 saturated carbocycles. The van der Waals surface area contributed by atoms with E-state index in [1.807, 2.05) is 31.3 Å². The summed E-state index contributed by atoms with van der Waals surface area (Å²) in [7, 11) is 1.97. The van der Waals surface area contributed by atoms with Crippen LogP contribution in [0.4, 0.5) is 0 Å². The molecule has 3 aromatic rings. The van der Waals surface area contributed by atoms with Crippen molar-refractivity contribution in [3.05, 3.63) is 53.8 Å². The fourth-order valence-corrected chi connectivity index (χ4v) is 3.17. The van der Waals surface area contributed by atoms with Gasteiger partial charge in [0.25, 0.3) is 0 Å². The van der Waals surface area contributed by atoms with Crippen LogP contribution in [0, 0.1) is 0 Å². The molecule has 0 fully saturated rings. The normalized spacial score (nSPS) is 10.7. The van der Waals surface area contributed by atoms with E-state index >= 15 is 0 Å². The van der Waals surface area contributed by atoms with Gasteiger partial charge in [0.2, 0.25) is 0 Å². The molecule has 0 unspecified atom stereocenters. The molecule has 0 atom stereocenters. The van der Waals surface area contributed by atoms with Crippen LogP contribution in [-0.2, 0) is 6.42 Å². The highest BCUT2D eigenvalue weighted by Gasteiger charge is 2.14. The quantitative estimate of drug-likeness (QED) is 0.786. The van der Waals surface area contributed by atoms with E-state index in [0.29, 0.717) is 0 Å². The molecule has 0 aliphatic rings. The monoisotopic (exact) mass is 296 g/mol. The van der Waals surface area contributed by atoms with E-state index in [4.69, 9.17) is 4.98 Å². The lowest BCUT2D eigenvalue weighted by Crippen LogP contribution is -2.09. The molecule has 1 N–H and O–H groups in total. The van der Waals surface area contributed by atoms with Gasteiger partial charge in [-0.3, -0.25) is 0 Å². The summed E-state index contributed by atoms with van der Waals surface area (Å²) in [6.07, 6.45) is 4.27. The van der Waals surface area contributed by atoms with E-state index in [9.17, 15) is 0 Å². The second-order valence-corrected chi connectivity index (χ2v) is 5.69. The van der Waals surface area contributed by atoms with Crippen molar-refractivity contribution >= 4 is 11.3 Å². The zero-order chi connectivity index (χ0) is 14.5. The van der Waals surface area contributed by atoms with Gasteiger partial charge >= 0.3 is 0 Å². The van der Waals surface area contributed by atoms with Gasteiger partial charge in [-0.1, -0.05) is 30.3 Å². The van der Waals surface area contributed by atoms with Crippen molar-refractivity contribution < 1.29 is 0 Å². The van der Waals surface area contributed by atoms with Crippen molar-refractivity contribution in [1.29, 1.82) is 0 Å². The van der Waals surface area contributed by atoms with Crippen molar-refractivity contribution in [2.45, 2.75) is 6.42 Å². The predicted molar refractivity (Wildman–Crippen MR) is 86.2 cm³/mol. The van der Waals surface area contributed by atoms with Gasteiger partial charge in [0.1, 0.15) is 17.0 Å². The third-order valence-corrected chi connectivity index (χ3v) is 4.29. The summed E-state index contributed by atoms with van der Waals surface area (Å²) in [6, 6.07) is 12.2. The minimum Gasteiger partial charge on any atom is -0.319 e. The van der Waals surface area contributed by atoms with Crippen LogP contribution in [0.5, 0.6) is 0 Å². The Labute approximate surface area is 127 Å². The summed E-state index contributed by atoms with van der Waals surface area (Å²) >= 11 is 1.71. The number of benzene rings is 1. The fourth-order valence-electron chi connectivity index (χ4n) is 2.11. The first-order chi connectivity index (χ1) is 10.4. The van der Waals surface area contributed by atoms with Crippen LogP contribution in [-0.4, -0.2) is 28.5 Å². The van der Waals surface area contributed by atoms with Gasteiger partial charge in [-0.05, 0) is 26.1 Å². The molecule has 0 aliphatic heterocycles. The Balaban J connectivity index is 2.03. The summed E-state index contributed by atoms with van der Waals surface area (Å²) in [4.78, 5) is 14.3. The molecule has 2 aromatic heterocycles. The highest BCUT2D eigenvalue weighted by Crippen LogP contribution is 2.33. The maximum atomic E-state index is 4.80. The standard InChI is InChI=1S/C16H16N4S/c1-17-9-8-14-15(12-5-3-2-4-6-12)20-16(21-14)13-7-10-18-11-19-13/h2-7,10-11,17H,8-9H2,1H3. The first-order valence-electron chi connectivity index (χ1n) is 6.84. The molecular weight excluding hydrogens is 280 g/mol. The molecule has 4 nitrogen and oxygen atoms in total. The molecule has 0 saturated heterocycles. The van der Waals surface area contributed by atoms with Crippen LogP contribution in [0.25, 0.3) is 22.0 Å². The summed E-state index contributed by atoms with van der Waals surface area (Å²) in [6.45, 7) is 0.936. The summed E-state index contributed by atoms with van der Waals surface area (Å²) < 4.78 is 0. The maximum absolute atomic E-state index is 4.80. The van der Waals surface area contributed by atoms with Crippen molar-refractivity contribution in [1.82, 2.24) is 20.3 Å². The highest BCUT2D eigenvalue weighted by atomic mass is 32.1. The first kappa shape index (κ1) is 13.9. The SMILES string of the molecule is CNCCc1sc(-c2ccncn2)nc1-c1ccccc1. The van der Waals surface area contributed by atoms with Gasteiger partial charge in [-0.15, -0.1) is 11.3 Å². The molecule has 1 aromatic carbocycles. The Hall–Kier alpha value is -2.11.